The van der Waals surface area contributed by atoms with E-state index in [0.717, 1.165) is 24.8 Å². The number of hydrogen-bond acceptors (Lipinski definition) is 6. The Bertz CT molecular complexity index is 861. The standard InChI is InChI=1S/C31H48N2O5/c1-3-4-5-6-7-8-9-10-11-15-19-26-22-27(30(35)38-26)32-24(2)29(34)33-21-16-20-28(33)31(36)37-23-25-17-13-12-14-18-25/h12-14,17-18,24,26-28,32H,3-11,15-16,19-23H2,1-2H3/t24-,26?,27?,28-/m0/s1. The number of benzene rings is 1. The van der Waals surface area contributed by atoms with Crippen LogP contribution in [-0.2, 0) is 30.5 Å². The van der Waals surface area contributed by atoms with Gasteiger partial charge in [-0.05, 0) is 38.2 Å². The van der Waals surface area contributed by atoms with E-state index in [9.17, 15) is 14.4 Å². The van der Waals surface area contributed by atoms with Gasteiger partial charge in [-0.25, -0.2) is 4.79 Å². The zero-order valence-corrected chi connectivity index (χ0v) is 23.5. The van der Waals surface area contributed by atoms with Crippen molar-refractivity contribution >= 4 is 17.8 Å². The second-order valence-corrected chi connectivity index (χ2v) is 11.0. The molecule has 4 atom stereocenters. The van der Waals surface area contributed by atoms with E-state index in [1.165, 1.54) is 57.8 Å². The van der Waals surface area contributed by atoms with Crippen LogP contribution in [0, 0.1) is 0 Å². The number of nitrogens with zero attached hydrogens (tertiary/aromatic N) is 1. The molecule has 1 aromatic rings. The Balaban J connectivity index is 1.33. The van der Waals surface area contributed by atoms with Gasteiger partial charge in [0.25, 0.3) is 0 Å². The Hall–Kier alpha value is -2.41. The summed E-state index contributed by atoms with van der Waals surface area (Å²) in [7, 11) is 0. The van der Waals surface area contributed by atoms with Crippen molar-refractivity contribution in [1.29, 1.82) is 0 Å². The van der Waals surface area contributed by atoms with Crippen molar-refractivity contribution < 1.29 is 23.9 Å². The maximum Gasteiger partial charge on any atom is 0.329 e. The molecule has 1 amide bonds. The maximum absolute atomic E-state index is 13.2. The molecule has 2 fully saturated rings. The lowest BCUT2D eigenvalue weighted by Crippen LogP contribution is -2.52. The Labute approximate surface area is 229 Å². The van der Waals surface area contributed by atoms with Gasteiger partial charge in [0.15, 0.2) is 0 Å². The third-order valence-corrected chi connectivity index (χ3v) is 7.80. The summed E-state index contributed by atoms with van der Waals surface area (Å²) in [5.41, 5.74) is 0.916. The van der Waals surface area contributed by atoms with Crippen molar-refractivity contribution in [2.24, 2.45) is 0 Å². The molecule has 212 valence electrons. The van der Waals surface area contributed by atoms with Crippen LogP contribution in [0.5, 0.6) is 0 Å². The highest BCUT2D eigenvalue weighted by Crippen LogP contribution is 2.23. The normalized spacial score (nSPS) is 21.9. The molecule has 1 N–H and O–H groups in total. The molecule has 2 unspecified atom stereocenters. The summed E-state index contributed by atoms with van der Waals surface area (Å²) >= 11 is 0. The summed E-state index contributed by atoms with van der Waals surface area (Å²) in [6.07, 6.45) is 15.6. The number of amides is 1. The predicted octanol–water partition coefficient (Wildman–Crippen LogP) is 5.69. The molecule has 1 aromatic carbocycles. The van der Waals surface area contributed by atoms with Crippen LogP contribution in [0.4, 0.5) is 0 Å². The highest BCUT2D eigenvalue weighted by Gasteiger charge is 2.40. The first-order valence-corrected chi connectivity index (χ1v) is 15.0. The van der Waals surface area contributed by atoms with Crippen molar-refractivity contribution in [3.05, 3.63) is 35.9 Å². The number of rotatable bonds is 17. The number of esters is 2. The molecule has 0 saturated carbocycles. The van der Waals surface area contributed by atoms with Crippen LogP contribution in [0.15, 0.2) is 30.3 Å². The van der Waals surface area contributed by atoms with Crippen molar-refractivity contribution in [1.82, 2.24) is 10.2 Å². The van der Waals surface area contributed by atoms with Gasteiger partial charge in [-0.1, -0.05) is 95.0 Å². The molecule has 0 bridgehead atoms. The average Bonchev–Trinajstić information content (AvgIpc) is 3.55. The zero-order chi connectivity index (χ0) is 27.2. The number of nitrogens with one attached hydrogen (secondary N) is 1. The molecule has 7 heteroatoms. The summed E-state index contributed by atoms with van der Waals surface area (Å²) in [6, 6.07) is 7.89. The van der Waals surface area contributed by atoms with Gasteiger partial charge >= 0.3 is 11.9 Å². The van der Waals surface area contributed by atoms with Gasteiger partial charge < -0.3 is 14.4 Å². The van der Waals surface area contributed by atoms with E-state index in [2.05, 4.69) is 12.2 Å². The minimum atomic E-state index is -0.578. The summed E-state index contributed by atoms with van der Waals surface area (Å²) in [5.74, 6) is -0.819. The number of carbonyl (C=O) groups is 3. The van der Waals surface area contributed by atoms with Crippen molar-refractivity contribution in [3.8, 4) is 0 Å². The van der Waals surface area contributed by atoms with Crippen LogP contribution < -0.4 is 5.32 Å². The maximum atomic E-state index is 13.2. The predicted molar refractivity (Wildman–Crippen MR) is 148 cm³/mol. The SMILES string of the molecule is CCCCCCCCCCCCC1CC(N[C@@H](C)C(=O)N2CCC[C@H]2C(=O)OCc2ccccc2)C(=O)O1. The van der Waals surface area contributed by atoms with Crippen molar-refractivity contribution in [2.75, 3.05) is 6.54 Å². The van der Waals surface area contributed by atoms with Crippen LogP contribution in [-0.4, -0.2) is 53.5 Å². The monoisotopic (exact) mass is 528 g/mol. The quantitative estimate of drug-likeness (QED) is 0.206. The van der Waals surface area contributed by atoms with Gasteiger partial charge in [0.05, 0.1) is 6.04 Å². The van der Waals surface area contributed by atoms with Gasteiger partial charge in [-0.3, -0.25) is 14.9 Å². The molecule has 2 aliphatic heterocycles. The van der Waals surface area contributed by atoms with E-state index in [1.807, 2.05) is 30.3 Å². The van der Waals surface area contributed by atoms with Crippen LogP contribution in [0.2, 0.25) is 0 Å². The molecule has 0 spiro atoms. The fraction of sp³-hybridized carbons (Fsp3) is 0.710. The molecular weight excluding hydrogens is 480 g/mol. The lowest BCUT2D eigenvalue weighted by atomic mass is 10.0. The minimum absolute atomic E-state index is 0.0798. The Morgan fingerprint density at radius 2 is 1.68 bits per heavy atom. The van der Waals surface area contributed by atoms with Gasteiger partial charge in [0.2, 0.25) is 5.91 Å². The fourth-order valence-corrected chi connectivity index (χ4v) is 5.55. The number of cyclic esters (lactones) is 1. The Morgan fingerprint density at radius 1 is 1.03 bits per heavy atom. The van der Waals surface area contributed by atoms with Crippen molar-refractivity contribution in [3.63, 3.8) is 0 Å². The van der Waals surface area contributed by atoms with E-state index in [1.54, 1.807) is 11.8 Å². The molecular formula is C31H48N2O5. The van der Waals surface area contributed by atoms with E-state index in [4.69, 9.17) is 9.47 Å². The first-order chi connectivity index (χ1) is 18.5. The smallest absolute Gasteiger partial charge is 0.329 e. The highest BCUT2D eigenvalue weighted by atomic mass is 16.6. The second kappa shape index (κ2) is 16.5. The van der Waals surface area contributed by atoms with E-state index < -0.39 is 18.1 Å². The van der Waals surface area contributed by atoms with Crippen LogP contribution in [0.25, 0.3) is 0 Å². The average molecular weight is 529 g/mol. The third kappa shape index (κ3) is 9.72. The Morgan fingerprint density at radius 3 is 2.37 bits per heavy atom. The molecule has 2 aliphatic rings. The molecule has 0 aliphatic carbocycles. The number of unbranched alkanes of at least 4 members (excludes halogenated alkanes) is 9. The first kappa shape index (κ1) is 30.1. The topological polar surface area (TPSA) is 84.9 Å². The van der Waals surface area contributed by atoms with Crippen LogP contribution in [0.1, 0.15) is 109 Å². The van der Waals surface area contributed by atoms with E-state index in [0.29, 0.717) is 19.4 Å². The second-order valence-electron chi connectivity index (χ2n) is 11.0. The van der Waals surface area contributed by atoms with Crippen LogP contribution in [0.3, 0.4) is 0 Å². The number of hydrogen-bond donors (Lipinski definition) is 1. The molecule has 2 heterocycles. The number of ether oxygens (including phenoxy) is 2. The Kier molecular flexibility index (Phi) is 13.1. The number of likely N-dealkylation sites (tertiary alicyclic amines) is 1. The molecule has 7 nitrogen and oxygen atoms in total. The first-order valence-electron chi connectivity index (χ1n) is 15.0. The fourth-order valence-electron chi connectivity index (χ4n) is 5.55. The summed E-state index contributed by atoms with van der Waals surface area (Å²) in [6.45, 7) is 4.72. The molecule has 2 saturated heterocycles. The summed E-state index contributed by atoms with van der Waals surface area (Å²) < 4.78 is 11.1. The number of carbonyl (C=O) groups excluding carboxylic acids is 3. The molecule has 0 radical (unpaired) electrons. The molecule has 3 rings (SSSR count). The highest BCUT2D eigenvalue weighted by molar-refractivity contribution is 5.88. The molecule has 0 aromatic heterocycles. The van der Waals surface area contributed by atoms with Gasteiger partial charge in [-0.15, -0.1) is 0 Å². The zero-order valence-electron chi connectivity index (χ0n) is 23.5. The van der Waals surface area contributed by atoms with Crippen molar-refractivity contribution in [2.45, 2.75) is 135 Å². The van der Waals surface area contributed by atoms with Gasteiger partial charge in [-0.2, -0.15) is 0 Å². The van der Waals surface area contributed by atoms with E-state index >= 15 is 0 Å². The minimum Gasteiger partial charge on any atom is -0.461 e. The molecule has 38 heavy (non-hydrogen) atoms. The van der Waals surface area contributed by atoms with Gasteiger partial charge in [0, 0.05) is 13.0 Å². The van der Waals surface area contributed by atoms with E-state index in [-0.39, 0.29) is 30.6 Å². The van der Waals surface area contributed by atoms with Gasteiger partial charge in [0.1, 0.15) is 24.8 Å². The third-order valence-electron chi connectivity index (χ3n) is 7.80. The largest absolute Gasteiger partial charge is 0.461 e. The summed E-state index contributed by atoms with van der Waals surface area (Å²) in [4.78, 5) is 40.0. The lowest BCUT2D eigenvalue weighted by molar-refractivity contribution is -0.155. The van der Waals surface area contributed by atoms with Crippen LogP contribution >= 0.6 is 0 Å². The lowest BCUT2D eigenvalue weighted by Gasteiger charge is -2.27. The summed E-state index contributed by atoms with van der Waals surface area (Å²) in [5, 5.41) is 3.17.